The molecule has 136 valence electrons. The van der Waals surface area contributed by atoms with Gasteiger partial charge in [0, 0.05) is 0 Å². The first-order valence-electron chi connectivity index (χ1n) is 8.91. The van der Waals surface area contributed by atoms with Crippen molar-refractivity contribution in [1.82, 2.24) is 0 Å². The third-order valence-corrected chi connectivity index (χ3v) is 9.72. The molecule has 1 saturated heterocycles. The summed E-state index contributed by atoms with van der Waals surface area (Å²) in [5.41, 5.74) is 1.26. The third kappa shape index (κ3) is 2.37. The van der Waals surface area contributed by atoms with E-state index in [2.05, 4.69) is 0 Å². The molecule has 0 aromatic heterocycles. The van der Waals surface area contributed by atoms with Gasteiger partial charge in [-0.2, -0.15) is 0 Å². The van der Waals surface area contributed by atoms with Crippen molar-refractivity contribution in [3.8, 4) is 0 Å². The quantitative estimate of drug-likeness (QED) is 0.736. The number of hydrogen-bond donors (Lipinski definition) is 0. The average molecular weight is 370 g/mol. The number of benzene rings is 2. The number of allylic oxidation sites excluding steroid dienone is 2. The molecule has 1 fully saturated rings. The van der Waals surface area contributed by atoms with Gasteiger partial charge in [0.05, 0.1) is 0 Å². The third-order valence-electron chi connectivity index (χ3n) is 5.08. The monoisotopic (exact) mass is 370 g/mol. The van der Waals surface area contributed by atoms with Gasteiger partial charge in [0.1, 0.15) is 0 Å². The van der Waals surface area contributed by atoms with Gasteiger partial charge in [0.15, 0.2) is 0 Å². The van der Waals surface area contributed by atoms with Gasteiger partial charge in [-0.05, 0) is 0 Å². The summed E-state index contributed by atoms with van der Waals surface area (Å²) in [5, 5.41) is 0.891. The van der Waals surface area contributed by atoms with Crippen molar-refractivity contribution < 1.29 is 18.4 Å². The second-order valence-electron chi connectivity index (χ2n) is 6.73. The van der Waals surface area contributed by atoms with E-state index in [0.29, 0.717) is 24.5 Å². The van der Waals surface area contributed by atoms with Gasteiger partial charge in [-0.25, -0.2) is 0 Å². The van der Waals surface area contributed by atoms with Crippen LogP contribution >= 0.6 is 7.28 Å². The van der Waals surface area contributed by atoms with Crippen LogP contribution in [0, 0.1) is 0 Å². The minimum atomic E-state index is -3.81. The minimum absolute atomic E-state index is 0.00782. The molecular weight excluding hydrogens is 347 g/mol. The van der Waals surface area contributed by atoms with Crippen LogP contribution in [0.3, 0.4) is 0 Å². The Labute approximate surface area is 154 Å². The normalized spacial score (nSPS) is 25.3. The van der Waals surface area contributed by atoms with E-state index in [4.69, 9.17) is 13.6 Å². The van der Waals surface area contributed by atoms with Crippen molar-refractivity contribution in [2.45, 2.75) is 25.9 Å². The molecule has 5 heteroatoms. The molecule has 4 rings (SSSR count). The summed E-state index contributed by atoms with van der Waals surface area (Å²) in [6.07, 6.45) is 0.810. The Morgan fingerprint density at radius 2 is 1.54 bits per heavy atom. The molecule has 26 heavy (non-hydrogen) atoms. The van der Waals surface area contributed by atoms with Crippen LogP contribution in [0.1, 0.15) is 31.5 Å². The maximum atomic E-state index is 12.6. The van der Waals surface area contributed by atoms with Crippen molar-refractivity contribution >= 4 is 18.4 Å². The van der Waals surface area contributed by atoms with Gasteiger partial charge in [0.25, 0.3) is 0 Å². The first kappa shape index (κ1) is 17.4. The van der Waals surface area contributed by atoms with Crippen molar-refractivity contribution in [3.63, 3.8) is 0 Å². The Morgan fingerprint density at radius 3 is 2.12 bits per heavy atom. The second-order valence-corrected chi connectivity index (χ2v) is 10.3. The molecular formula is C21H23O4P. The Bertz CT molecular complexity index is 854. The first-order chi connectivity index (χ1) is 12.6. The fourth-order valence-corrected chi connectivity index (χ4v) is 9.15. The summed E-state index contributed by atoms with van der Waals surface area (Å²) in [7, 11) is -3.81. The standard InChI is InChI=1S/C21H23O4P/c1-16(22)20-17(2)25-26(23-14-9-15-24-26,19-12-7-4-8-13-19)21(20)18-10-5-3-6-11-18/h3-8,10-13,21H,9,14-15H2,1-2H3/t21-/m0/s1. The number of carbonyl (C=O) groups excluding carboxylic acids is 1. The second kappa shape index (κ2) is 6.31. The summed E-state index contributed by atoms with van der Waals surface area (Å²) in [5.74, 6) is 0.598. The van der Waals surface area contributed by atoms with Crippen LogP contribution in [0.4, 0.5) is 0 Å². The Hall–Kier alpha value is -2.00. The van der Waals surface area contributed by atoms with Crippen LogP contribution < -0.4 is 5.30 Å². The predicted octanol–water partition coefficient (Wildman–Crippen LogP) is 4.68. The van der Waals surface area contributed by atoms with Crippen LogP contribution in [-0.4, -0.2) is 19.0 Å². The Kier molecular flexibility index (Phi) is 4.23. The summed E-state index contributed by atoms with van der Waals surface area (Å²) in [6, 6.07) is 19.8. The molecule has 2 heterocycles. The predicted molar refractivity (Wildman–Crippen MR) is 103 cm³/mol. The van der Waals surface area contributed by atoms with E-state index in [1.807, 2.05) is 67.6 Å². The molecule has 2 aromatic rings. The molecule has 0 saturated carbocycles. The van der Waals surface area contributed by atoms with Crippen molar-refractivity contribution in [1.29, 1.82) is 0 Å². The maximum absolute atomic E-state index is 12.6. The molecule has 2 aliphatic heterocycles. The Balaban J connectivity index is 2.03. The number of Topliss-reactive ketones (excluding diaryl/α,β-unsaturated/α-hetero) is 1. The summed E-state index contributed by atoms with van der Waals surface area (Å²) in [6.45, 7) is 4.53. The van der Waals surface area contributed by atoms with E-state index in [1.165, 1.54) is 0 Å². The fourth-order valence-electron chi connectivity index (χ4n) is 4.10. The average Bonchev–Trinajstić information content (AvgIpc) is 2.93. The zero-order chi connectivity index (χ0) is 18.2. The molecule has 2 aromatic carbocycles. The molecule has 0 N–H and O–H groups in total. The van der Waals surface area contributed by atoms with Gasteiger partial charge in [-0.1, -0.05) is 0 Å². The number of rotatable bonds is 3. The van der Waals surface area contributed by atoms with Crippen LogP contribution in [0.2, 0.25) is 0 Å². The van der Waals surface area contributed by atoms with E-state index >= 15 is 0 Å². The first-order valence-corrected chi connectivity index (χ1v) is 11.0. The molecule has 1 spiro atoms. The van der Waals surface area contributed by atoms with Crippen molar-refractivity contribution in [2.75, 3.05) is 13.2 Å². The van der Waals surface area contributed by atoms with E-state index in [1.54, 1.807) is 6.92 Å². The zero-order valence-corrected chi connectivity index (χ0v) is 15.9. The molecule has 1 atom stereocenters. The molecule has 0 radical (unpaired) electrons. The number of carbonyl (C=O) groups is 1. The zero-order valence-electron chi connectivity index (χ0n) is 15.1. The summed E-state index contributed by atoms with van der Waals surface area (Å²) in [4.78, 5) is 12.6. The van der Waals surface area contributed by atoms with Gasteiger partial charge in [0.2, 0.25) is 0 Å². The van der Waals surface area contributed by atoms with Gasteiger partial charge >= 0.3 is 153 Å². The van der Waals surface area contributed by atoms with Crippen LogP contribution in [-0.2, 0) is 18.4 Å². The Morgan fingerprint density at radius 1 is 0.962 bits per heavy atom. The topological polar surface area (TPSA) is 44.8 Å². The van der Waals surface area contributed by atoms with E-state index in [9.17, 15) is 4.79 Å². The number of hydrogen-bond acceptors (Lipinski definition) is 4. The fraction of sp³-hybridized carbons (Fsp3) is 0.286. The SMILES string of the molecule is CC(=O)C1=C(C)OP2(c3ccccc3)(OCCCO2)[C@H]1c1ccccc1. The van der Waals surface area contributed by atoms with Crippen LogP contribution in [0.5, 0.6) is 0 Å². The number of ketones is 1. The van der Waals surface area contributed by atoms with Crippen molar-refractivity contribution in [2.24, 2.45) is 0 Å². The van der Waals surface area contributed by atoms with Crippen molar-refractivity contribution in [3.05, 3.63) is 77.6 Å². The summed E-state index contributed by atoms with van der Waals surface area (Å²) >= 11 is 0. The van der Waals surface area contributed by atoms with E-state index in [-0.39, 0.29) is 11.4 Å². The molecule has 2 aliphatic rings. The molecule has 0 aliphatic carbocycles. The molecule has 0 bridgehead atoms. The van der Waals surface area contributed by atoms with Crippen LogP contribution in [0.25, 0.3) is 0 Å². The molecule has 4 nitrogen and oxygen atoms in total. The van der Waals surface area contributed by atoms with E-state index in [0.717, 1.165) is 17.3 Å². The molecule has 0 unspecified atom stereocenters. The summed E-state index contributed by atoms with van der Waals surface area (Å²) < 4.78 is 19.6. The van der Waals surface area contributed by atoms with Crippen LogP contribution in [0.15, 0.2) is 72.0 Å². The van der Waals surface area contributed by atoms with Gasteiger partial charge in [-0.15, -0.1) is 0 Å². The molecule has 0 amide bonds. The van der Waals surface area contributed by atoms with Gasteiger partial charge in [-0.3, -0.25) is 0 Å². The van der Waals surface area contributed by atoms with Gasteiger partial charge < -0.3 is 0 Å². The van der Waals surface area contributed by atoms with E-state index < -0.39 is 7.28 Å².